The Morgan fingerprint density at radius 3 is 2.30 bits per heavy atom. The van der Waals surface area contributed by atoms with Crippen LogP contribution < -0.4 is 20.5 Å². The molecule has 2 aromatic rings. The first kappa shape index (κ1) is 13.7. The van der Waals surface area contributed by atoms with Crippen LogP contribution in [-0.4, -0.2) is 25.1 Å². The summed E-state index contributed by atoms with van der Waals surface area (Å²) in [7, 11) is 3.06. The molecule has 0 aliphatic heterocycles. The fourth-order valence-electron chi connectivity index (χ4n) is 1.62. The third kappa shape index (κ3) is 3.17. The molecule has 0 aliphatic rings. The zero-order chi connectivity index (χ0) is 14.5. The number of pyridine rings is 1. The summed E-state index contributed by atoms with van der Waals surface area (Å²) in [6.45, 7) is 0. The average molecular weight is 273 g/mol. The number of aromatic nitrogens is 1. The van der Waals surface area contributed by atoms with Gasteiger partial charge in [0.25, 0.3) is 5.91 Å². The van der Waals surface area contributed by atoms with Crippen LogP contribution in [-0.2, 0) is 0 Å². The van der Waals surface area contributed by atoms with Crippen LogP contribution in [0.15, 0.2) is 36.5 Å². The quantitative estimate of drug-likeness (QED) is 0.889. The lowest BCUT2D eigenvalue weighted by molar-refractivity contribution is 0.102. The van der Waals surface area contributed by atoms with E-state index in [0.717, 1.165) is 0 Å². The van der Waals surface area contributed by atoms with Crippen molar-refractivity contribution in [3.05, 3.63) is 42.1 Å². The van der Waals surface area contributed by atoms with Crippen LogP contribution in [0.4, 0.5) is 11.5 Å². The largest absolute Gasteiger partial charge is 0.497 e. The topological polar surface area (TPSA) is 86.5 Å². The van der Waals surface area contributed by atoms with Crippen molar-refractivity contribution in [3.8, 4) is 11.5 Å². The molecule has 1 aromatic heterocycles. The minimum atomic E-state index is -0.284. The Bertz CT molecular complexity index is 589. The molecule has 2 rings (SSSR count). The molecule has 104 valence electrons. The summed E-state index contributed by atoms with van der Waals surface area (Å²) in [5, 5.41) is 2.72. The number of methoxy groups -OCH3 is 2. The van der Waals surface area contributed by atoms with Crippen LogP contribution in [0.25, 0.3) is 0 Å². The summed E-state index contributed by atoms with van der Waals surface area (Å²) in [4.78, 5) is 16.1. The number of carbonyl (C=O) groups excluding carboxylic acids is 1. The van der Waals surface area contributed by atoms with E-state index in [-0.39, 0.29) is 5.91 Å². The lowest BCUT2D eigenvalue weighted by atomic mass is 10.2. The molecule has 6 nitrogen and oxygen atoms in total. The Kier molecular flexibility index (Phi) is 4.05. The fraction of sp³-hybridized carbons (Fsp3) is 0.143. The summed E-state index contributed by atoms with van der Waals surface area (Å²) in [6.07, 6.45) is 1.49. The number of nitrogens with zero attached hydrogens (tertiary/aromatic N) is 1. The van der Waals surface area contributed by atoms with Gasteiger partial charge in [-0.1, -0.05) is 0 Å². The van der Waals surface area contributed by atoms with E-state index in [4.69, 9.17) is 15.2 Å². The molecule has 1 aromatic carbocycles. The Morgan fingerprint density at radius 1 is 1.15 bits per heavy atom. The molecule has 0 fully saturated rings. The molecular formula is C14H15N3O3. The predicted octanol–water partition coefficient (Wildman–Crippen LogP) is 1.93. The minimum Gasteiger partial charge on any atom is -0.497 e. The van der Waals surface area contributed by atoms with E-state index in [0.29, 0.717) is 28.6 Å². The lowest BCUT2D eigenvalue weighted by Gasteiger charge is -2.09. The number of nitrogens with one attached hydrogen (secondary N) is 1. The molecule has 20 heavy (non-hydrogen) atoms. The number of ether oxygens (including phenoxy) is 2. The molecule has 0 saturated heterocycles. The summed E-state index contributed by atoms with van der Waals surface area (Å²) in [5.41, 5.74) is 6.48. The van der Waals surface area contributed by atoms with Gasteiger partial charge in [-0.3, -0.25) is 4.79 Å². The number of rotatable bonds is 4. The van der Waals surface area contributed by atoms with E-state index < -0.39 is 0 Å². The van der Waals surface area contributed by atoms with Crippen LogP contribution in [0, 0.1) is 0 Å². The Morgan fingerprint density at radius 2 is 1.80 bits per heavy atom. The number of nitrogens with two attached hydrogens (primary N) is 1. The smallest absolute Gasteiger partial charge is 0.255 e. The Hall–Kier alpha value is -2.76. The molecule has 0 atom stereocenters. The number of hydrogen-bond donors (Lipinski definition) is 2. The first-order valence-electron chi connectivity index (χ1n) is 5.88. The SMILES string of the molecule is COc1cc(OC)cc(C(=O)Nc2ccc(N)nc2)c1. The van der Waals surface area contributed by atoms with Gasteiger partial charge in [0.15, 0.2) is 0 Å². The van der Waals surface area contributed by atoms with E-state index in [1.165, 1.54) is 20.4 Å². The number of benzene rings is 1. The van der Waals surface area contributed by atoms with Gasteiger partial charge >= 0.3 is 0 Å². The maximum atomic E-state index is 12.2. The van der Waals surface area contributed by atoms with Crippen molar-refractivity contribution in [2.24, 2.45) is 0 Å². The highest BCUT2D eigenvalue weighted by Crippen LogP contribution is 2.23. The second-order valence-corrected chi connectivity index (χ2v) is 4.03. The van der Waals surface area contributed by atoms with Gasteiger partial charge in [-0.15, -0.1) is 0 Å². The van der Waals surface area contributed by atoms with E-state index in [1.807, 2.05) is 0 Å². The first-order valence-corrected chi connectivity index (χ1v) is 5.88. The van der Waals surface area contributed by atoms with Crippen molar-refractivity contribution in [2.75, 3.05) is 25.3 Å². The van der Waals surface area contributed by atoms with Crippen LogP contribution in [0.2, 0.25) is 0 Å². The fourth-order valence-corrected chi connectivity index (χ4v) is 1.62. The molecule has 1 heterocycles. The molecule has 1 amide bonds. The third-order valence-corrected chi connectivity index (χ3v) is 2.66. The van der Waals surface area contributed by atoms with Crippen molar-refractivity contribution in [3.63, 3.8) is 0 Å². The number of anilines is 2. The van der Waals surface area contributed by atoms with Gasteiger partial charge in [-0.2, -0.15) is 0 Å². The molecule has 0 spiro atoms. The summed E-state index contributed by atoms with van der Waals surface area (Å²) in [5.74, 6) is 1.20. The van der Waals surface area contributed by atoms with Gasteiger partial charge in [0.2, 0.25) is 0 Å². The maximum absolute atomic E-state index is 12.2. The highest BCUT2D eigenvalue weighted by atomic mass is 16.5. The number of nitrogen functional groups attached to an aromatic ring is 1. The van der Waals surface area contributed by atoms with Crippen LogP contribution in [0.5, 0.6) is 11.5 Å². The van der Waals surface area contributed by atoms with E-state index in [9.17, 15) is 4.79 Å². The van der Waals surface area contributed by atoms with Gasteiger partial charge in [-0.05, 0) is 24.3 Å². The van der Waals surface area contributed by atoms with E-state index >= 15 is 0 Å². The van der Waals surface area contributed by atoms with E-state index in [1.54, 1.807) is 30.3 Å². The van der Waals surface area contributed by atoms with E-state index in [2.05, 4.69) is 10.3 Å². The number of carbonyl (C=O) groups is 1. The molecule has 0 saturated carbocycles. The molecule has 3 N–H and O–H groups in total. The first-order chi connectivity index (χ1) is 9.62. The zero-order valence-corrected chi connectivity index (χ0v) is 11.2. The highest BCUT2D eigenvalue weighted by Gasteiger charge is 2.10. The van der Waals surface area contributed by atoms with Crippen molar-refractivity contribution in [2.45, 2.75) is 0 Å². The predicted molar refractivity (Wildman–Crippen MR) is 76.1 cm³/mol. The molecule has 0 aliphatic carbocycles. The summed E-state index contributed by atoms with van der Waals surface area (Å²) >= 11 is 0. The lowest BCUT2D eigenvalue weighted by Crippen LogP contribution is -2.12. The number of hydrogen-bond acceptors (Lipinski definition) is 5. The standard InChI is InChI=1S/C14H15N3O3/c1-19-11-5-9(6-12(7-11)20-2)14(18)17-10-3-4-13(15)16-8-10/h3-8H,1-2H3,(H2,15,16)(H,17,18). The van der Waals surface area contributed by atoms with Crippen LogP contribution in [0.3, 0.4) is 0 Å². The van der Waals surface area contributed by atoms with Crippen molar-refractivity contribution >= 4 is 17.4 Å². The molecule has 0 unspecified atom stereocenters. The van der Waals surface area contributed by atoms with Gasteiger partial charge in [0.1, 0.15) is 17.3 Å². The Labute approximate surface area is 116 Å². The zero-order valence-electron chi connectivity index (χ0n) is 11.2. The van der Waals surface area contributed by atoms with Gasteiger partial charge in [0.05, 0.1) is 26.1 Å². The average Bonchev–Trinajstić information content (AvgIpc) is 2.48. The Balaban J connectivity index is 2.22. The van der Waals surface area contributed by atoms with Gasteiger partial charge < -0.3 is 20.5 Å². The highest BCUT2D eigenvalue weighted by molar-refractivity contribution is 6.04. The van der Waals surface area contributed by atoms with Crippen LogP contribution >= 0.6 is 0 Å². The van der Waals surface area contributed by atoms with Crippen molar-refractivity contribution in [1.82, 2.24) is 4.98 Å². The number of amides is 1. The maximum Gasteiger partial charge on any atom is 0.255 e. The van der Waals surface area contributed by atoms with Crippen LogP contribution in [0.1, 0.15) is 10.4 Å². The van der Waals surface area contributed by atoms with Gasteiger partial charge in [-0.25, -0.2) is 4.98 Å². The third-order valence-electron chi connectivity index (χ3n) is 2.66. The van der Waals surface area contributed by atoms with Gasteiger partial charge in [0, 0.05) is 11.6 Å². The summed E-state index contributed by atoms with van der Waals surface area (Å²) in [6, 6.07) is 8.24. The second-order valence-electron chi connectivity index (χ2n) is 4.03. The van der Waals surface area contributed by atoms with Crippen molar-refractivity contribution < 1.29 is 14.3 Å². The normalized spacial score (nSPS) is 9.90. The molecule has 0 bridgehead atoms. The molecule has 0 radical (unpaired) electrons. The molecule has 6 heteroatoms. The molecular weight excluding hydrogens is 258 g/mol. The monoisotopic (exact) mass is 273 g/mol. The van der Waals surface area contributed by atoms with Crippen molar-refractivity contribution in [1.29, 1.82) is 0 Å². The minimum absolute atomic E-state index is 0.284. The summed E-state index contributed by atoms with van der Waals surface area (Å²) < 4.78 is 10.2. The second kappa shape index (κ2) is 5.92.